The normalized spacial score (nSPS) is 14.6. The minimum atomic E-state index is -3.86. The molecule has 0 radical (unpaired) electrons. The Morgan fingerprint density at radius 3 is 2.39 bits per heavy atom. The summed E-state index contributed by atoms with van der Waals surface area (Å²) in [5.74, 6) is -5.99. The first-order valence-electron chi connectivity index (χ1n) is 6.90. The van der Waals surface area contributed by atoms with Crippen LogP contribution in [-0.2, 0) is 11.5 Å². The number of halogens is 5. The molecule has 0 amide bonds. The van der Waals surface area contributed by atoms with Crippen LogP contribution in [0.4, 0.5) is 17.6 Å². The quantitative estimate of drug-likeness (QED) is 0.735. The lowest BCUT2D eigenvalue weighted by atomic mass is 9.81. The van der Waals surface area contributed by atoms with Crippen molar-refractivity contribution in [1.82, 2.24) is 4.98 Å². The summed E-state index contributed by atoms with van der Waals surface area (Å²) < 4.78 is 57.4. The second-order valence-corrected chi connectivity index (χ2v) is 6.09. The highest BCUT2D eigenvalue weighted by Crippen LogP contribution is 2.48. The lowest BCUT2D eigenvalue weighted by Crippen LogP contribution is -2.44. The maximum Gasteiger partial charge on any atom is 0.321 e. The summed E-state index contributed by atoms with van der Waals surface area (Å²) in [4.78, 5) is 3.62. The zero-order valence-corrected chi connectivity index (χ0v) is 13.7. The zero-order valence-electron chi connectivity index (χ0n) is 12.2. The zero-order chi connectivity index (χ0) is 17.3. The van der Waals surface area contributed by atoms with E-state index in [2.05, 4.69) is 20.9 Å². The third kappa shape index (κ3) is 3.26. The number of aromatic nitrogens is 1. The number of alkyl halides is 2. The van der Waals surface area contributed by atoms with Crippen LogP contribution in [0.25, 0.3) is 0 Å². The van der Waals surface area contributed by atoms with Crippen molar-refractivity contribution in [2.24, 2.45) is 0 Å². The van der Waals surface area contributed by atoms with Gasteiger partial charge in [-0.25, -0.2) is 8.78 Å². The Labute approximate surface area is 139 Å². The molecule has 2 aromatic rings. The molecule has 1 unspecified atom stereocenters. The van der Waals surface area contributed by atoms with Gasteiger partial charge in [-0.05, 0) is 40.5 Å². The fraction of sp³-hybridized carbons (Fsp3) is 0.312. The molecule has 0 aliphatic carbocycles. The SMILES string of the molecule is CCCC(O)(c1ccc(F)cc1F)C(F)(F)c1ccc(Br)cn1. The predicted octanol–water partition coefficient (Wildman–Crippen LogP) is 4.90. The first-order valence-corrected chi connectivity index (χ1v) is 7.69. The van der Waals surface area contributed by atoms with Gasteiger partial charge in [-0.1, -0.05) is 19.4 Å². The lowest BCUT2D eigenvalue weighted by molar-refractivity contribution is -0.203. The van der Waals surface area contributed by atoms with Crippen molar-refractivity contribution < 1.29 is 22.7 Å². The van der Waals surface area contributed by atoms with E-state index in [-0.39, 0.29) is 6.42 Å². The molecule has 0 aliphatic rings. The molecule has 1 N–H and O–H groups in total. The molecule has 0 bridgehead atoms. The number of aliphatic hydroxyl groups is 1. The third-order valence-electron chi connectivity index (χ3n) is 3.56. The van der Waals surface area contributed by atoms with Gasteiger partial charge in [0.1, 0.15) is 17.3 Å². The Balaban J connectivity index is 2.60. The Morgan fingerprint density at radius 1 is 1.17 bits per heavy atom. The first-order chi connectivity index (χ1) is 10.7. The maximum atomic E-state index is 14.9. The van der Waals surface area contributed by atoms with E-state index in [1.54, 1.807) is 6.92 Å². The molecule has 0 spiro atoms. The highest BCUT2D eigenvalue weighted by atomic mass is 79.9. The Morgan fingerprint density at radius 2 is 1.87 bits per heavy atom. The summed E-state index contributed by atoms with van der Waals surface area (Å²) in [6, 6.07) is 4.55. The van der Waals surface area contributed by atoms with Crippen LogP contribution in [0, 0.1) is 11.6 Å². The average Bonchev–Trinajstić information content (AvgIpc) is 2.47. The van der Waals surface area contributed by atoms with Crippen molar-refractivity contribution in [1.29, 1.82) is 0 Å². The molecule has 1 aromatic carbocycles. The Hall–Kier alpha value is -1.47. The summed E-state index contributed by atoms with van der Waals surface area (Å²) in [7, 11) is 0. The van der Waals surface area contributed by atoms with Crippen molar-refractivity contribution in [3.05, 3.63) is 63.9 Å². The summed E-state index contributed by atoms with van der Waals surface area (Å²) >= 11 is 3.09. The van der Waals surface area contributed by atoms with Crippen LogP contribution in [0.2, 0.25) is 0 Å². The first kappa shape index (κ1) is 17.9. The van der Waals surface area contributed by atoms with Crippen LogP contribution in [-0.4, -0.2) is 10.1 Å². The number of benzene rings is 1. The van der Waals surface area contributed by atoms with Crippen molar-refractivity contribution in [2.75, 3.05) is 0 Å². The van der Waals surface area contributed by atoms with E-state index in [0.717, 1.165) is 24.4 Å². The molecule has 1 aromatic heterocycles. The van der Waals surface area contributed by atoms with Crippen LogP contribution in [0.3, 0.4) is 0 Å². The maximum absolute atomic E-state index is 14.9. The minimum Gasteiger partial charge on any atom is -0.378 e. The van der Waals surface area contributed by atoms with E-state index in [0.29, 0.717) is 10.5 Å². The van der Waals surface area contributed by atoms with E-state index in [9.17, 15) is 22.7 Å². The summed E-state index contributed by atoms with van der Waals surface area (Å²) in [6.45, 7) is 1.58. The molecule has 1 heterocycles. The molecule has 124 valence electrons. The summed E-state index contributed by atoms with van der Waals surface area (Å²) in [5, 5.41) is 10.6. The molecule has 0 saturated carbocycles. The number of rotatable bonds is 5. The van der Waals surface area contributed by atoms with E-state index >= 15 is 0 Å². The number of pyridine rings is 1. The van der Waals surface area contributed by atoms with Crippen LogP contribution < -0.4 is 0 Å². The van der Waals surface area contributed by atoms with Crippen molar-refractivity contribution >= 4 is 15.9 Å². The average molecular weight is 392 g/mol. The smallest absolute Gasteiger partial charge is 0.321 e. The summed E-state index contributed by atoms with van der Waals surface area (Å²) in [6.07, 6.45) is 0.913. The molecule has 23 heavy (non-hydrogen) atoms. The van der Waals surface area contributed by atoms with Gasteiger partial charge in [0.25, 0.3) is 0 Å². The van der Waals surface area contributed by atoms with Gasteiger partial charge in [0.15, 0.2) is 5.60 Å². The van der Waals surface area contributed by atoms with Gasteiger partial charge < -0.3 is 5.11 Å². The Kier molecular flexibility index (Phi) is 5.10. The van der Waals surface area contributed by atoms with E-state index in [4.69, 9.17) is 0 Å². The summed E-state index contributed by atoms with van der Waals surface area (Å²) in [5.41, 5.74) is -4.18. The predicted molar refractivity (Wildman–Crippen MR) is 81.0 cm³/mol. The largest absolute Gasteiger partial charge is 0.378 e. The van der Waals surface area contributed by atoms with Gasteiger partial charge in [-0.3, -0.25) is 4.98 Å². The van der Waals surface area contributed by atoms with Gasteiger partial charge in [0, 0.05) is 22.3 Å². The molecule has 0 aliphatic heterocycles. The molecular weight excluding hydrogens is 378 g/mol. The third-order valence-corrected chi connectivity index (χ3v) is 4.03. The lowest BCUT2D eigenvalue weighted by Gasteiger charge is -2.36. The van der Waals surface area contributed by atoms with Gasteiger partial charge in [0.2, 0.25) is 0 Å². The molecule has 7 heteroatoms. The second kappa shape index (κ2) is 6.57. The van der Waals surface area contributed by atoms with Gasteiger partial charge in [-0.15, -0.1) is 0 Å². The van der Waals surface area contributed by atoms with Crippen LogP contribution in [0.1, 0.15) is 31.0 Å². The van der Waals surface area contributed by atoms with Crippen LogP contribution >= 0.6 is 15.9 Å². The highest BCUT2D eigenvalue weighted by Gasteiger charge is 2.56. The number of hydrogen-bond donors (Lipinski definition) is 1. The fourth-order valence-corrected chi connectivity index (χ4v) is 2.66. The molecule has 2 rings (SSSR count). The van der Waals surface area contributed by atoms with E-state index < -0.39 is 40.8 Å². The monoisotopic (exact) mass is 391 g/mol. The van der Waals surface area contributed by atoms with Gasteiger partial charge in [-0.2, -0.15) is 8.78 Å². The van der Waals surface area contributed by atoms with Crippen molar-refractivity contribution in [3.8, 4) is 0 Å². The number of nitrogens with zero attached hydrogens (tertiary/aromatic N) is 1. The van der Waals surface area contributed by atoms with Gasteiger partial charge in [0.05, 0.1) is 0 Å². The van der Waals surface area contributed by atoms with E-state index in [1.165, 1.54) is 6.07 Å². The van der Waals surface area contributed by atoms with Crippen LogP contribution in [0.15, 0.2) is 41.0 Å². The Bertz CT molecular complexity index is 693. The topological polar surface area (TPSA) is 33.1 Å². The van der Waals surface area contributed by atoms with Crippen molar-refractivity contribution in [2.45, 2.75) is 31.3 Å². The van der Waals surface area contributed by atoms with Crippen molar-refractivity contribution in [3.63, 3.8) is 0 Å². The second-order valence-electron chi connectivity index (χ2n) is 5.17. The molecule has 0 saturated heterocycles. The number of hydrogen-bond acceptors (Lipinski definition) is 2. The van der Waals surface area contributed by atoms with Gasteiger partial charge >= 0.3 is 5.92 Å². The highest BCUT2D eigenvalue weighted by molar-refractivity contribution is 9.10. The molecule has 0 fully saturated rings. The molecule has 1 atom stereocenters. The van der Waals surface area contributed by atoms with Crippen LogP contribution in [0.5, 0.6) is 0 Å². The minimum absolute atomic E-state index is 0.166. The standard InChI is InChI=1S/C16H14BrF4NO/c1-2-7-15(23,12-5-4-11(18)8-13(12)19)16(20,21)14-6-3-10(17)9-22-14/h3-6,8-9,23H,2,7H2,1H3. The molecule has 2 nitrogen and oxygen atoms in total. The fourth-order valence-electron chi connectivity index (χ4n) is 2.42. The van der Waals surface area contributed by atoms with E-state index in [1.807, 2.05) is 0 Å². The molecular formula is C16H14BrF4NO.